The predicted molar refractivity (Wildman–Crippen MR) is 102 cm³/mol. The topological polar surface area (TPSA) is 72.4 Å². The van der Waals surface area contributed by atoms with Crippen LogP contribution in [0.15, 0.2) is 48.5 Å². The van der Waals surface area contributed by atoms with E-state index in [2.05, 4.69) is 10.2 Å². The lowest BCUT2D eigenvalue weighted by Crippen LogP contribution is -2.40. The Morgan fingerprint density at radius 2 is 1.58 bits per heavy atom. The first-order valence-corrected chi connectivity index (χ1v) is 10.2. The van der Waals surface area contributed by atoms with Gasteiger partial charge in [-0.3, -0.25) is 0 Å². The maximum absolute atomic E-state index is 11.7. The largest absolute Gasteiger partial charge is 0.497 e. The lowest BCUT2D eigenvalue weighted by molar-refractivity contribution is 0.415. The van der Waals surface area contributed by atoms with E-state index >= 15 is 0 Å². The number of anilines is 1. The van der Waals surface area contributed by atoms with E-state index in [1.54, 1.807) is 7.11 Å². The molecule has 1 aliphatic rings. The van der Waals surface area contributed by atoms with Crippen molar-refractivity contribution < 1.29 is 13.2 Å². The van der Waals surface area contributed by atoms with Gasteiger partial charge >= 0.3 is 0 Å². The highest BCUT2D eigenvalue weighted by atomic mass is 32.2. The molecule has 0 radical (unpaired) electrons. The smallest absolute Gasteiger partial charge is 0.159 e. The Labute approximate surface area is 152 Å². The number of hydrogen-bond donors (Lipinski definition) is 0. The third kappa shape index (κ3) is 3.10. The molecule has 6 nitrogen and oxygen atoms in total. The van der Waals surface area contributed by atoms with Crippen LogP contribution in [0.1, 0.15) is 0 Å². The number of methoxy groups -OCH3 is 1. The Bertz CT molecular complexity index is 1040. The van der Waals surface area contributed by atoms with Crippen molar-refractivity contribution in [3.63, 3.8) is 0 Å². The minimum absolute atomic E-state index is 0.156. The SMILES string of the molecule is COc1ccc(-c2nnc(N3CCS(=O)(=O)CC3)c3ccccc23)cc1. The summed E-state index contributed by atoms with van der Waals surface area (Å²) in [6.45, 7) is 0.895. The molecule has 1 aromatic heterocycles. The van der Waals surface area contributed by atoms with Gasteiger partial charge in [-0.2, -0.15) is 0 Å². The summed E-state index contributed by atoms with van der Waals surface area (Å²) in [4.78, 5) is 2.01. The maximum atomic E-state index is 11.7. The van der Waals surface area contributed by atoms with E-state index < -0.39 is 9.84 Å². The van der Waals surface area contributed by atoms with E-state index in [0.29, 0.717) is 13.1 Å². The molecule has 4 rings (SSSR count). The van der Waals surface area contributed by atoms with E-state index in [1.165, 1.54) is 0 Å². The zero-order valence-corrected chi connectivity index (χ0v) is 15.2. The molecule has 0 amide bonds. The number of sulfone groups is 1. The summed E-state index contributed by atoms with van der Waals surface area (Å²) in [5, 5.41) is 10.9. The van der Waals surface area contributed by atoms with Crippen LogP contribution >= 0.6 is 0 Å². The van der Waals surface area contributed by atoms with Gasteiger partial charge in [0.2, 0.25) is 0 Å². The number of nitrogens with zero attached hydrogens (tertiary/aromatic N) is 3. The highest BCUT2D eigenvalue weighted by Crippen LogP contribution is 2.32. The molecule has 0 bridgehead atoms. The van der Waals surface area contributed by atoms with Gasteiger partial charge < -0.3 is 9.64 Å². The van der Waals surface area contributed by atoms with Crippen molar-refractivity contribution in [2.75, 3.05) is 36.6 Å². The summed E-state index contributed by atoms with van der Waals surface area (Å²) in [7, 11) is -1.30. The zero-order chi connectivity index (χ0) is 18.1. The van der Waals surface area contributed by atoms with Crippen molar-refractivity contribution in [2.45, 2.75) is 0 Å². The maximum Gasteiger partial charge on any atom is 0.159 e. The Morgan fingerprint density at radius 3 is 2.23 bits per heavy atom. The number of ether oxygens (including phenoxy) is 1. The van der Waals surface area contributed by atoms with Gasteiger partial charge in [0.25, 0.3) is 0 Å². The van der Waals surface area contributed by atoms with Crippen LogP contribution < -0.4 is 9.64 Å². The van der Waals surface area contributed by atoms with E-state index in [4.69, 9.17) is 4.74 Å². The van der Waals surface area contributed by atoms with Gasteiger partial charge in [-0.15, -0.1) is 10.2 Å². The average Bonchev–Trinajstić information content (AvgIpc) is 2.67. The minimum atomic E-state index is -2.94. The second kappa shape index (κ2) is 6.57. The van der Waals surface area contributed by atoms with E-state index in [0.717, 1.165) is 33.6 Å². The standard InChI is InChI=1S/C19H19N3O3S/c1-25-15-8-6-14(7-9-15)18-16-4-2-3-5-17(16)19(21-20-18)22-10-12-26(23,24)13-11-22/h2-9H,10-13H2,1H3. The number of fused-ring (bicyclic) bond motifs is 1. The van der Waals surface area contributed by atoms with Gasteiger partial charge in [-0.05, 0) is 24.3 Å². The van der Waals surface area contributed by atoms with Gasteiger partial charge in [0, 0.05) is 29.4 Å². The number of rotatable bonds is 3. The molecule has 1 aliphatic heterocycles. The van der Waals surface area contributed by atoms with Gasteiger partial charge in [-0.25, -0.2) is 8.42 Å². The van der Waals surface area contributed by atoms with Crippen molar-refractivity contribution in [3.05, 3.63) is 48.5 Å². The first-order valence-electron chi connectivity index (χ1n) is 8.43. The molecule has 0 atom stereocenters. The summed E-state index contributed by atoms with van der Waals surface area (Å²) in [5.41, 5.74) is 1.76. The summed E-state index contributed by atoms with van der Waals surface area (Å²) < 4.78 is 28.6. The number of aromatic nitrogens is 2. The second-order valence-electron chi connectivity index (χ2n) is 6.29. The highest BCUT2D eigenvalue weighted by Gasteiger charge is 2.24. The van der Waals surface area contributed by atoms with Crippen molar-refractivity contribution >= 4 is 26.4 Å². The Morgan fingerprint density at radius 1 is 0.923 bits per heavy atom. The van der Waals surface area contributed by atoms with Crippen LogP contribution in [0.3, 0.4) is 0 Å². The summed E-state index contributed by atoms with van der Waals surface area (Å²) in [5.74, 6) is 1.84. The molecule has 2 aromatic carbocycles. The van der Waals surface area contributed by atoms with Gasteiger partial charge in [0.1, 0.15) is 11.4 Å². The molecule has 134 valence electrons. The second-order valence-corrected chi connectivity index (χ2v) is 8.59. The fourth-order valence-electron chi connectivity index (χ4n) is 3.21. The molecule has 0 unspecified atom stereocenters. The van der Waals surface area contributed by atoms with Crippen LogP contribution in [-0.4, -0.2) is 50.3 Å². The van der Waals surface area contributed by atoms with E-state index in [1.807, 2.05) is 53.4 Å². The first kappa shape index (κ1) is 16.8. The van der Waals surface area contributed by atoms with Crippen molar-refractivity contribution in [1.29, 1.82) is 0 Å². The molecule has 7 heteroatoms. The van der Waals surface area contributed by atoms with E-state index in [9.17, 15) is 8.42 Å². The average molecular weight is 369 g/mol. The Kier molecular flexibility index (Phi) is 4.24. The molecular formula is C19H19N3O3S. The van der Waals surface area contributed by atoms with Gasteiger partial charge in [-0.1, -0.05) is 24.3 Å². The Hall–Kier alpha value is -2.67. The van der Waals surface area contributed by atoms with Gasteiger partial charge in [0.05, 0.1) is 18.6 Å². The summed E-state index contributed by atoms with van der Waals surface area (Å²) in [6, 6.07) is 15.7. The van der Waals surface area contributed by atoms with Crippen LogP contribution in [0, 0.1) is 0 Å². The third-order valence-corrected chi connectivity index (χ3v) is 6.28. The summed E-state index contributed by atoms with van der Waals surface area (Å²) in [6.07, 6.45) is 0. The monoisotopic (exact) mass is 369 g/mol. The molecule has 2 heterocycles. The van der Waals surface area contributed by atoms with Crippen molar-refractivity contribution in [2.24, 2.45) is 0 Å². The third-order valence-electron chi connectivity index (χ3n) is 4.68. The van der Waals surface area contributed by atoms with Crippen LogP contribution in [0.2, 0.25) is 0 Å². The normalized spacial score (nSPS) is 16.6. The van der Waals surface area contributed by atoms with Gasteiger partial charge in [0.15, 0.2) is 15.7 Å². The molecule has 1 fully saturated rings. The van der Waals surface area contributed by atoms with Crippen LogP contribution in [0.4, 0.5) is 5.82 Å². The number of hydrogen-bond acceptors (Lipinski definition) is 6. The van der Waals surface area contributed by atoms with E-state index in [-0.39, 0.29) is 11.5 Å². The van der Waals surface area contributed by atoms with Crippen LogP contribution in [0.5, 0.6) is 5.75 Å². The summed E-state index contributed by atoms with van der Waals surface area (Å²) >= 11 is 0. The quantitative estimate of drug-likeness (QED) is 0.706. The lowest BCUT2D eigenvalue weighted by Gasteiger charge is -2.28. The number of benzene rings is 2. The molecule has 26 heavy (non-hydrogen) atoms. The Balaban J connectivity index is 1.78. The highest BCUT2D eigenvalue weighted by molar-refractivity contribution is 7.91. The van der Waals surface area contributed by atoms with Crippen LogP contribution in [0.25, 0.3) is 22.0 Å². The molecule has 3 aromatic rings. The molecular weight excluding hydrogens is 350 g/mol. The van der Waals surface area contributed by atoms with Crippen molar-refractivity contribution in [1.82, 2.24) is 10.2 Å². The molecule has 1 saturated heterocycles. The molecule has 0 saturated carbocycles. The fraction of sp³-hybridized carbons (Fsp3) is 0.263. The predicted octanol–water partition coefficient (Wildman–Crippen LogP) is 2.54. The van der Waals surface area contributed by atoms with Crippen LogP contribution in [-0.2, 0) is 9.84 Å². The lowest BCUT2D eigenvalue weighted by atomic mass is 10.0. The molecule has 0 spiro atoms. The molecule has 0 aliphatic carbocycles. The molecule has 0 N–H and O–H groups in total. The first-order chi connectivity index (χ1) is 12.6. The van der Waals surface area contributed by atoms with Crippen molar-refractivity contribution in [3.8, 4) is 17.0 Å². The minimum Gasteiger partial charge on any atom is -0.497 e. The fourth-order valence-corrected chi connectivity index (χ4v) is 4.41. The zero-order valence-electron chi connectivity index (χ0n) is 14.4.